The first-order chi connectivity index (χ1) is 6.99. The van der Waals surface area contributed by atoms with Crippen molar-refractivity contribution in [3.8, 4) is 0 Å². The van der Waals surface area contributed by atoms with Crippen LogP contribution < -0.4 is 0 Å². The van der Waals surface area contributed by atoms with Gasteiger partial charge in [-0.1, -0.05) is 0 Å². The van der Waals surface area contributed by atoms with Crippen molar-refractivity contribution in [3.63, 3.8) is 0 Å². The normalized spacial score (nSPS) is 13.9. The number of rotatable bonds is 8. The molecule has 4 nitrogen and oxygen atoms in total. The van der Waals surface area contributed by atoms with Gasteiger partial charge >= 0.3 is 97.1 Å². The van der Waals surface area contributed by atoms with E-state index >= 15 is 0 Å². The molecule has 0 amide bonds. The summed E-state index contributed by atoms with van der Waals surface area (Å²) in [5, 5.41) is 0. The molecule has 0 aromatic rings. The molecule has 90 valence electrons. The van der Waals surface area contributed by atoms with E-state index in [0.717, 1.165) is 0 Å². The zero-order valence-electron chi connectivity index (χ0n) is 9.69. The minimum atomic E-state index is -3.00. The van der Waals surface area contributed by atoms with Gasteiger partial charge in [-0.15, -0.1) is 0 Å². The molecule has 6 heteroatoms. The Bertz CT molecular complexity index is 234. The molecule has 0 aromatic heterocycles. The Hall–Kier alpha value is 0.339. The molecule has 0 aliphatic heterocycles. The number of carbonyl (C=O) groups excluding carboxylic acids is 1. The van der Waals surface area contributed by atoms with E-state index in [1.165, 1.54) is 0 Å². The first-order valence-corrected chi connectivity index (χ1v) is 9.84. The van der Waals surface area contributed by atoms with Crippen LogP contribution in [0, 0.1) is 0 Å². The minimum absolute atomic E-state index is 0.120. The van der Waals surface area contributed by atoms with E-state index in [1.54, 1.807) is 27.7 Å². The summed E-state index contributed by atoms with van der Waals surface area (Å²) in [6.45, 7) is 7.85. The van der Waals surface area contributed by atoms with Gasteiger partial charge in [-0.25, -0.2) is 0 Å². The Morgan fingerprint density at radius 2 is 1.73 bits per heavy atom. The molecule has 1 atom stereocenters. The Morgan fingerprint density at radius 3 is 2.07 bits per heavy atom. The molecule has 0 fully saturated rings. The summed E-state index contributed by atoms with van der Waals surface area (Å²) in [6, 6.07) is 0. The van der Waals surface area contributed by atoms with Crippen LogP contribution in [-0.2, 0) is 18.4 Å². The standard InChI is InChI=1S/C9H19O4PSe/c1-5-9(10)8(4)15-14(11,12-6-2)13-7-3/h8H,5-7H2,1-4H3. The molecule has 0 aliphatic rings. The summed E-state index contributed by atoms with van der Waals surface area (Å²) in [5.74, 6) is 0.120. The number of carbonyl (C=O) groups is 1. The fourth-order valence-corrected chi connectivity index (χ4v) is 7.91. The molecule has 0 saturated heterocycles. The van der Waals surface area contributed by atoms with Crippen LogP contribution >= 0.6 is 6.29 Å². The van der Waals surface area contributed by atoms with Gasteiger partial charge in [0.15, 0.2) is 0 Å². The predicted octanol–water partition coefficient (Wildman–Crippen LogP) is 2.66. The molecular formula is C9H19O4PSe. The van der Waals surface area contributed by atoms with Crippen molar-refractivity contribution >= 4 is 26.6 Å². The monoisotopic (exact) mass is 302 g/mol. The summed E-state index contributed by atoms with van der Waals surface area (Å²) in [6.07, 6.45) is -2.53. The van der Waals surface area contributed by atoms with Gasteiger partial charge in [0, 0.05) is 0 Å². The van der Waals surface area contributed by atoms with E-state index in [2.05, 4.69) is 0 Å². The van der Waals surface area contributed by atoms with Crippen LogP contribution in [0.2, 0.25) is 4.82 Å². The Labute approximate surface area is 97.4 Å². The average molecular weight is 301 g/mol. The molecule has 0 rings (SSSR count). The first kappa shape index (κ1) is 15.3. The molecule has 0 saturated carbocycles. The second-order valence-electron chi connectivity index (χ2n) is 2.85. The number of hydrogen-bond acceptors (Lipinski definition) is 4. The fraction of sp³-hybridized carbons (Fsp3) is 0.889. The van der Waals surface area contributed by atoms with Gasteiger partial charge in [-0.2, -0.15) is 0 Å². The van der Waals surface area contributed by atoms with E-state index in [-0.39, 0.29) is 10.6 Å². The van der Waals surface area contributed by atoms with E-state index in [1.807, 2.05) is 0 Å². The van der Waals surface area contributed by atoms with Crippen LogP contribution in [-0.4, -0.2) is 33.5 Å². The summed E-state index contributed by atoms with van der Waals surface area (Å²) >= 11 is -0.424. The fourth-order valence-electron chi connectivity index (χ4n) is 0.954. The third kappa shape index (κ3) is 5.84. The van der Waals surface area contributed by atoms with Gasteiger partial charge in [0.05, 0.1) is 0 Å². The average Bonchev–Trinajstić information content (AvgIpc) is 2.16. The topological polar surface area (TPSA) is 52.6 Å². The SMILES string of the molecule is CCOP(=O)(OCC)[Se]C(C)C(=O)CC. The van der Waals surface area contributed by atoms with Crippen LogP contribution in [0.5, 0.6) is 0 Å². The maximum atomic E-state index is 12.1. The zero-order valence-corrected chi connectivity index (χ0v) is 12.3. The van der Waals surface area contributed by atoms with E-state index in [4.69, 9.17) is 9.05 Å². The van der Waals surface area contributed by atoms with Crippen LogP contribution in [0.3, 0.4) is 0 Å². The summed E-state index contributed by atoms with van der Waals surface area (Å²) in [7, 11) is 0. The quantitative estimate of drug-likeness (QED) is 0.511. The van der Waals surface area contributed by atoms with Crippen molar-refractivity contribution in [1.29, 1.82) is 0 Å². The second kappa shape index (κ2) is 7.59. The molecule has 0 heterocycles. The van der Waals surface area contributed by atoms with Gasteiger partial charge in [0.1, 0.15) is 0 Å². The number of ketones is 1. The Balaban J connectivity index is 4.40. The van der Waals surface area contributed by atoms with Crippen molar-refractivity contribution in [2.24, 2.45) is 0 Å². The van der Waals surface area contributed by atoms with E-state index < -0.39 is 20.8 Å². The Kier molecular flexibility index (Phi) is 7.76. The summed E-state index contributed by atoms with van der Waals surface area (Å²) < 4.78 is 22.4. The van der Waals surface area contributed by atoms with Gasteiger partial charge < -0.3 is 0 Å². The van der Waals surface area contributed by atoms with Crippen molar-refractivity contribution in [1.82, 2.24) is 0 Å². The van der Waals surface area contributed by atoms with Crippen LogP contribution in [0.25, 0.3) is 0 Å². The molecule has 0 bridgehead atoms. The van der Waals surface area contributed by atoms with Crippen molar-refractivity contribution in [3.05, 3.63) is 0 Å². The molecule has 0 N–H and O–H groups in total. The molecular weight excluding hydrogens is 282 g/mol. The van der Waals surface area contributed by atoms with Gasteiger partial charge in [0.2, 0.25) is 0 Å². The van der Waals surface area contributed by atoms with Crippen molar-refractivity contribution in [2.75, 3.05) is 13.2 Å². The van der Waals surface area contributed by atoms with Crippen LogP contribution in [0.15, 0.2) is 0 Å². The third-order valence-electron chi connectivity index (χ3n) is 1.66. The van der Waals surface area contributed by atoms with E-state index in [0.29, 0.717) is 19.6 Å². The molecule has 0 radical (unpaired) electrons. The number of hydrogen-bond donors (Lipinski definition) is 0. The van der Waals surface area contributed by atoms with E-state index in [9.17, 15) is 9.36 Å². The van der Waals surface area contributed by atoms with Crippen molar-refractivity contribution < 1.29 is 18.4 Å². The molecule has 0 aliphatic carbocycles. The Morgan fingerprint density at radius 1 is 1.27 bits per heavy atom. The number of Topliss-reactive ketones (excluding diaryl/α,β-unsaturated/α-hetero) is 1. The molecule has 0 aromatic carbocycles. The van der Waals surface area contributed by atoms with Gasteiger partial charge in [0.25, 0.3) is 0 Å². The van der Waals surface area contributed by atoms with Crippen LogP contribution in [0.1, 0.15) is 34.1 Å². The van der Waals surface area contributed by atoms with Gasteiger partial charge in [-0.05, 0) is 0 Å². The first-order valence-electron chi connectivity index (χ1n) is 5.09. The molecule has 0 spiro atoms. The second-order valence-corrected chi connectivity index (χ2v) is 10.1. The van der Waals surface area contributed by atoms with Gasteiger partial charge in [-0.3, -0.25) is 0 Å². The molecule has 15 heavy (non-hydrogen) atoms. The predicted molar refractivity (Wildman–Crippen MR) is 61.3 cm³/mol. The summed E-state index contributed by atoms with van der Waals surface area (Å²) in [5.41, 5.74) is 0. The third-order valence-corrected chi connectivity index (χ3v) is 8.88. The summed E-state index contributed by atoms with van der Waals surface area (Å²) in [4.78, 5) is 11.2. The zero-order chi connectivity index (χ0) is 11.9. The maximum absolute atomic E-state index is 12.1. The van der Waals surface area contributed by atoms with Crippen molar-refractivity contribution in [2.45, 2.75) is 38.9 Å². The van der Waals surface area contributed by atoms with Crippen LogP contribution in [0.4, 0.5) is 0 Å². The molecule has 1 unspecified atom stereocenters.